The fourth-order valence-corrected chi connectivity index (χ4v) is 3.63. The largest absolute Gasteiger partial charge is 0.497 e. The van der Waals surface area contributed by atoms with Gasteiger partial charge in [0.25, 0.3) is 0 Å². The Bertz CT molecular complexity index is 930. The molecular formula is C18H15F3N2O4S. The lowest BCUT2D eigenvalue weighted by molar-refractivity contribution is -0.174. The van der Waals surface area contributed by atoms with E-state index >= 15 is 0 Å². The van der Waals surface area contributed by atoms with Crippen LogP contribution in [0.4, 0.5) is 18.9 Å². The van der Waals surface area contributed by atoms with Crippen LogP contribution in [-0.2, 0) is 4.79 Å². The van der Waals surface area contributed by atoms with Gasteiger partial charge in [0, 0.05) is 41.2 Å². The number of nitrogens with one attached hydrogen (secondary N) is 2. The summed E-state index contributed by atoms with van der Waals surface area (Å²) < 4.78 is 48.4. The Morgan fingerprint density at radius 2 is 1.82 bits per heavy atom. The Labute approximate surface area is 161 Å². The second kappa shape index (κ2) is 7.55. The zero-order valence-electron chi connectivity index (χ0n) is 14.7. The molecule has 6 nitrogen and oxygen atoms in total. The van der Waals surface area contributed by atoms with E-state index in [0.29, 0.717) is 27.6 Å². The predicted molar refractivity (Wildman–Crippen MR) is 96.8 cm³/mol. The van der Waals surface area contributed by atoms with Gasteiger partial charge in [-0.3, -0.25) is 9.59 Å². The first-order valence-electron chi connectivity index (χ1n) is 7.94. The van der Waals surface area contributed by atoms with Gasteiger partial charge in [0.05, 0.1) is 25.1 Å². The van der Waals surface area contributed by atoms with Crippen LogP contribution in [0, 0.1) is 0 Å². The summed E-state index contributed by atoms with van der Waals surface area (Å²) in [6.07, 6.45) is -3.77. The lowest BCUT2D eigenvalue weighted by Gasteiger charge is -2.16. The third-order valence-electron chi connectivity index (χ3n) is 4.06. The molecule has 28 heavy (non-hydrogen) atoms. The summed E-state index contributed by atoms with van der Waals surface area (Å²) in [7, 11) is 2.94. The van der Waals surface area contributed by atoms with E-state index in [1.165, 1.54) is 26.5 Å². The van der Waals surface area contributed by atoms with Crippen LogP contribution >= 0.6 is 11.3 Å². The normalized spacial score (nSPS) is 17.4. The van der Waals surface area contributed by atoms with Crippen LogP contribution in [0.5, 0.6) is 11.5 Å². The summed E-state index contributed by atoms with van der Waals surface area (Å²) in [5, 5.41) is 6.34. The molecule has 1 aliphatic carbocycles. The Balaban J connectivity index is 1.91. The molecular weight excluding hydrogens is 397 g/mol. The predicted octanol–water partition coefficient (Wildman–Crippen LogP) is 3.68. The highest BCUT2D eigenvalue weighted by atomic mass is 32.1. The molecule has 0 spiro atoms. The van der Waals surface area contributed by atoms with Crippen LogP contribution in [0.2, 0.25) is 0 Å². The quantitative estimate of drug-likeness (QED) is 0.733. The van der Waals surface area contributed by atoms with Gasteiger partial charge in [-0.25, -0.2) is 0 Å². The van der Waals surface area contributed by atoms with Crippen LogP contribution in [0.25, 0.3) is 0 Å². The van der Waals surface area contributed by atoms with Gasteiger partial charge in [0.1, 0.15) is 11.5 Å². The highest BCUT2D eigenvalue weighted by Crippen LogP contribution is 2.39. The van der Waals surface area contributed by atoms with Gasteiger partial charge in [-0.15, -0.1) is 11.3 Å². The lowest BCUT2D eigenvalue weighted by Crippen LogP contribution is -2.39. The lowest BCUT2D eigenvalue weighted by atomic mass is 10.1. The van der Waals surface area contributed by atoms with Crippen molar-refractivity contribution in [3.8, 4) is 11.5 Å². The van der Waals surface area contributed by atoms with Crippen LogP contribution in [0.15, 0.2) is 41.4 Å². The zero-order chi connectivity index (χ0) is 20.5. The molecule has 1 amide bonds. The average molecular weight is 412 g/mol. The molecule has 0 unspecified atom stereocenters. The fraction of sp³-hybridized carbons (Fsp3) is 0.222. The number of methoxy groups -OCH3 is 2. The van der Waals surface area contributed by atoms with Crippen molar-refractivity contribution < 1.29 is 32.2 Å². The first kappa shape index (κ1) is 19.7. The van der Waals surface area contributed by atoms with Crippen molar-refractivity contribution in [3.05, 3.63) is 51.9 Å². The van der Waals surface area contributed by atoms with Gasteiger partial charge in [0.15, 0.2) is 0 Å². The topological polar surface area (TPSA) is 76.7 Å². The van der Waals surface area contributed by atoms with Gasteiger partial charge in [-0.2, -0.15) is 13.2 Å². The summed E-state index contributed by atoms with van der Waals surface area (Å²) in [6, 6.07) is 5.22. The summed E-state index contributed by atoms with van der Waals surface area (Å²) in [4.78, 5) is 24.3. The van der Waals surface area contributed by atoms with E-state index in [9.17, 15) is 22.8 Å². The monoisotopic (exact) mass is 412 g/mol. The molecule has 0 aliphatic heterocycles. The van der Waals surface area contributed by atoms with Gasteiger partial charge in [0.2, 0.25) is 5.78 Å². The number of anilines is 1. The zero-order valence-corrected chi connectivity index (χ0v) is 15.5. The smallest absolute Gasteiger partial charge is 0.471 e. The van der Waals surface area contributed by atoms with Crippen molar-refractivity contribution in [2.45, 2.75) is 12.2 Å². The number of benzene rings is 1. The number of hydrogen-bond acceptors (Lipinski definition) is 6. The van der Waals surface area contributed by atoms with Gasteiger partial charge < -0.3 is 20.1 Å². The molecule has 0 fully saturated rings. The Morgan fingerprint density at radius 3 is 2.39 bits per heavy atom. The van der Waals surface area contributed by atoms with Crippen LogP contribution in [0.1, 0.15) is 21.3 Å². The molecule has 0 radical (unpaired) electrons. The molecule has 1 atom stereocenters. The van der Waals surface area contributed by atoms with Crippen molar-refractivity contribution in [3.63, 3.8) is 0 Å². The van der Waals surface area contributed by atoms with Crippen LogP contribution in [-0.4, -0.2) is 32.1 Å². The Hall–Kier alpha value is -3.01. The number of Topliss-reactive ketones (excluding diaryl/α,β-unsaturated/α-hetero) is 1. The maximum atomic E-state index is 12.7. The van der Waals surface area contributed by atoms with E-state index in [2.05, 4.69) is 5.32 Å². The van der Waals surface area contributed by atoms with Crippen molar-refractivity contribution in [2.75, 3.05) is 19.5 Å². The minimum Gasteiger partial charge on any atom is -0.497 e. The number of halogens is 3. The van der Waals surface area contributed by atoms with E-state index in [1.54, 1.807) is 23.6 Å². The minimum absolute atomic E-state index is 0.00115. The standard InChI is InChI=1S/C18H15F3N2O4S/c1-26-10-5-9(6-11(7-10)27-2)22-8-13-14(23-17(25)18(19,20)21)12-3-4-28-16(12)15(13)24/h3-8,14,22H,1-2H3,(H,23,25)/b13-8-/t14-/m0/s1. The Kier molecular flexibility index (Phi) is 5.32. The number of alkyl halides is 3. The summed E-state index contributed by atoms with van der Waals surface area (Å²) >= 11 is 1.11. The van der Waals surface area contributed by atoms with Crippen molar-refractivity contribution in [1.29, 1.82) is 0 Å². The van der Waals surface area contributed by atoms with E-state index < -0.39 is 23.9 Å². The van der Waals surface area contributed by atoms with Crippen molar-refractivity contribution >= 4 is 28.7 Å². The molecule has 148 valence electrons. The van der Waals surface area contributed by atoms with Crippen LogP contribution < -0.4 is 20.1 Å². The highest BCUT2D eigenvalue weighted by Gasteiger charge is 2.44. The molecule has 1 aromatic carbocycles. The number of ether oxygens (including phenoxy) is 2. The van der Waals surface area contributed by atoms with Gasteiger partial charge in [-0.05, 0) is 11.4 Å². The molecule has 3 rings (SSSR count). The summed E-state index contributed by atoms with van der Waals surface area (Å²) in [5.74, 6) is -1.59. The van der Waals surface area contributed by atoms with E-state index in [4.69, 9.17) is 9.47 Å². The number of ketones is 1. The van der Waals surface area contributed by atoms with E-state index in [-0.39, 0.29) is 5.57 Å². The molecule has 2 N–H and O–H groups in total. The average Bonchev–Trinajstić information content (AvgIpc) is 3.22. The molecule has 2 aromatic rings. The summed E-state index contributed by atoms with van der Waals surface area (Å²) in [6.45, 7) is 0. The molecule has 0 saturated heterocycles. The molecule has 0 bridgehead atoms. The number of fused-ring (bicyclic) bond motifs is 1. The van der Waals surface area contributed by atoms with Gasteiger partial charge >= 0.3 is 12.1 Å². The van der Waals surface area contributed by atoms with E-state index in [1.807, 2.05) is 5.32 Å². The second-order valence-electron chi connectivity index (χ2n) is 5.78. The number of carbonyl (C=O) groups is 2. The summed E-state index contributed by atoms with van der Waals surface area (Å²) in [5.41, 5.74) is 0.831. The number of thiophene rings is 1. The third-order valence-corrected chi connectivity index (χ3v) is 4.99. The maximum absolute atomic E-state index is 12.7. The minimum atomic E-state index is -5.06. The first-order valence-corrected chi connectivity index (χ1v) is 8.82. The Morgan fingerprint density at radius 1 is 1.18 bits per heavy atom. The molecule has 10 heteroatoms. The van der Waals surface area contributed by atoms with Crippen molar-refractivity contribution in [1.82, 2.24) is 5.32 Å². The van der Waals surface area contributed by atoms with E-state index in [0.717, 1.165) is 11.3 Å². The second-order valence-corrected chi connectivity index (χ2v) is 6.70. The first-order chi connectivity index (χ1) is 13.2. The number of amides is 1. The maximum Gasteiger partial charge on any atom is 0.471 e. The SMILES string of the molecule is COc1cc(N/C=C2\C(=O)c3sccc3[C@@H]2NC(=O)C(F)(F)F)cc(OC)c1. The van der Waals surface area contributed by atoms with Gasteiger partial charge in [-0.1, -0.05) is 0 Å². The molecule has 1 aromatic heterocycles. The molecule has 1 aliphatic rings. The van der Waals surface area contributed by atoms with Crippen molar-refractivity contribution in [2.24, 2.45) is 0 Å². The molecule has 1 heterocycles. The highest BCUT2D eigenvalue weighted by molar-refractivity contribution is 7.12. The third kappa shape index (κ3) is 3.81. The number of hydrogen-bond donors (Lipinski definition) is 2. The fourth-order valence-electron chi connectivity index (χ4n) is 2.73. The van der Waals surface area contributed by atoms with Crippen LogP contribution in [0.3, 0.4) is 0 Å². The molecule has 0 saturated carbocycles. The number of rotatable bonds is 5. The number of carbonyl (C=O) groups excluding carboxylic acids is 2.